The average molecular weight is 216 g/mol. The molecule has 0 fully saturated rings. The predicted octanol–water partition coefficient (Wildman–Crippen LogP) is 1.31. The fraction of sp³-hybridized carbons (Fsp3) is 1.00. The normalized spacial score (nSPS) is 8.33. The van der Waals surface area contributed by atoms with E-state index in [4.69, 9.17) is 15.2 Å². The molecule has 3 nitrogen and oxygen atoms in total. The Bertz CT molecular complexity index is 51.8. The van der Waals surface area contributed by atoms with Crippen LogP contribution in [0.2, 0.25) is 0 Å². The zero-order valence-electron chi connectivity index (χ0n) is 5.09. The molecule has 0 saturated carbocycles. The Labute approximate surface area is 65.0 Å². The van der Waals surface area contributed by atoms with Gasteiger partial charge in [0.1, 0.15) is 0 Å². The van der Waals surface area contributed by atoms with Crippen molar-refractivity contribution in [2.24, 2.45) is 5.73 Å². The SMILES string of the molecule is NCCCCBr.O=PO. The van der Waals surface area contributed by atoms with Crippen LogP contribution in [-0.2, 0) is 4.57 Å². The number of halogens is 1. The first-order valence-electron chi connectivity index (χ1n) is 2.56. The van der Waals surface area contributed by atoms with Crippen LogP contribution in [0.5, 0.6) is 0 Å². The highest BCUT2D eigenvalue weighted by Crippen LogP contribution is 1.89. The van der Waals surface area contributed by atoms with Crippen molar-refractivity contribution in [2.45, 2.75) is 12.8 Å². The van der Waals surface area contributed by atoms with Crippen LogP contribution in [0.4, 0.5) is 0 Å². The third kappa shape index (κ3) is 29.3. The average Bonchev–Trinajstić information content (AvgIpc) is 1.86. The standard InChI is InChI=1S/C4H10BrN.HO2P/c5-3-1-2-4-6;1-3-2/h1-4,6H2;(H,1,2). The molecule has 0 aliphatic carbocycles. The molecule has 0 bridgehead atoms. The maximum absolute atomic E-state index is 8.46. The topological polar surface area (TPSA) is 63.3 Å². The van der Waals surface area contributed by atoms with Gasteiger partial charge in [0.25, 0.3) is 0 Å². The molecule has 0 aromatic rings. The van der Waals surface area contributed by atoms with Gasteiger partial charge in [0, 0.05) is 5.33 Å². The van der Waals surface area contributed by atoms with E-state index in [0.717, 1.165) is 18.3 Å². The molecule has 56 valence electrons. The lowest BCUT2D eigenvalue weighted by Gasteiger charge is -1.85. The van der Waals surface area contributed by atoms with E-state index in [1.165, 1.54) is 6.42 Å². The second-order valence-corrected chi connectivity index (χ2v) is 2.22. The maximum Gasteiger partial charge on any atom is 0.324 e. The summed E-state index contributed by atoms with van der Waals surface area (Å²) < 4.78 is 8.46. The van der Waals surface area contributed by atoms with Crippen LogP contribution in [0, 0.1) is 0 Å². The van der Waals surface area contributed by atoms with Crippen molar-refractivity contribution in [3.8, 4) is 0 Å². The Balaban J connectivity index is 0. The summed E-state index contributed by atoms with van der Waals surface area (Å²) in [4.78, 5) is 6.99. The second kappa shape index (κ2) is 15.8. The van der Waals surface area contributed by atoms with Gasteiger partial charge in [-0.25, -0.2) is 4.57 Å². The van der Waals surface area contributed by atoms with Crippen LogP contribution in [0.25, 0.3) is 0 Å². The van der Waals surface area contributed by atoms with Gasteiger partial charge < -0.3 is 10.6 Å². The van der Waals surface area contributed by atoms with E-state index in [-0.39, 0.29) is 0 Å². The molecule has 0 spiro atoms. The lowest BCUT2D eigenvalue weighted by Crippen LogP contribution is -1.97. The van der Waals surface area contributed by atoms with Crippen molar-refractivity contribution >= 4 is 24.6 Å². The maximum atomic E-state index is 8.46. The molecule has 0 unspecified atom stereocenters. The van der Waals surface area contributed by atoms with Gasteiger partial charge in [0.05, 0.1) is 0 Å². The largest absolute Gasteiger partial charge is 0.330 e. The molecule has 0 aliphatic rings. The zero-order chi connectivity index (χ0) is 7.54. The Hall–Kier alpha value is 0.500. The highest BCUT2D eigenvalue weighted by molar-refractivity contribution is 9.09. The van der Waals surface area contributed by atoms with Gasteiger partial charge in [-0.15, -0.1) is 0 Å². The van der Waals surface area contributed by atoms with E-state index in [1.54, 1.807) is 0 Å². The third-order valence-corrected chi connectivity index (χ3v) is 1.15. The first-order chi connectivity index (χ1) is 4.33. The number of hydrogen-bond acceptors (Lipinski definition) is 2. The van der Waals surface area contributed by atoms with Crippen molar-refractivity contribution in [3.63, 3.8) is 0 Å². The van der Waals surface area contributed by atoms with E-state index < -0.39 is 8.69 Å². The molecule has 0 rings (SSSR count). The molecule has 0 aromatic heterocycles. The highest BCUT2D eigenvalue weighted by Gasteiger charge is 1.76. The summed E-state index contributed by atoms with van der Waals surface area (Å²) in [5.41, 5.74) is 5.19. The Morgan fingerprint density at radius 2 is 2.00 bits per heavy atom. The number of nitrogens with two attached hydrogens (primary N) is 1. The number of unbranched alkanes of at least 4 members (excludes halogenated alkanes) is 1. The third-order valence-electron chi connectivity index (χ3n) is 0.588. The van der Waals surface area contributed by atoms with Crippen molar-refractivity contribution in [1.82, 2.24) is 0 Å². The molecule has 0 saturated heterocycles. The minimum absolute atomic E-state index is 0.825. The fourth-order valence-electron chi connectivity index (χ4n) is 0.239. The fourth-order valence-corrected chi connectivity index (χ4v) is 0.635. The second-order valence-electron chi connectivity index (χ2n) is 1.27. The summed E-state index contributed by atoms with van der Waals surface area (Å²) in [7, 11) is -0.833. The quantitative estimate of drug-likeness (QED) is 0.424. The molecule has 0 aromatic carbocycles. The minimum Gasteiger partial charge on any atom is -0.330 e. The van der Waals surface area contributed by atoms with Gasteiger partial charge in [-0.05, 0) is 19.4 Å². The van der Waals surface area contributed by atoms with Gasteiger partial charge in [0.2, 0.25) is 0 Å². The molecule has 0 heterocycles. The number of hydrogen-bond donors (Lipinski definition) is 2. The highest BCUT2D eigenvalue weighted by atomic mass is 79.9. The number of rotatable bonds is 3. The summed E-state index contributed by atoms with van der Waals surface area (Å²) in [6.45, 7) is 0.825. The van der Waals surface area contributed by atoms with Crippen LogP contribution in [0.3, 0.4) is 0 Å². The van der Waals surface area contributed by atoms with Crippen LogP contribution in [0.15, 0.2) is 0 Å². The summed E-state index contributed by atoms with van der Waals surface area (Å²) in [6.07, 6.45) is 2.35. The summed E-state index contributed by atoms with van der Waals surface area (Å²) in [5, 5.41) is 1.09. The lowest BCUT2D eigenvalue weighted by atomic mass is 10.3. The van der Waals surface area contributed by atoms with E-state index in [9.17, 15) is 0 Å². The minimum atomic E-state index is -0.833. The van der Waals surface area contributed by atoms with Crippen LogP contribution < -0.4 is 5.73 Å². The molecular formula is C4H11BrNO2P. The van der Waals surface area contributed by atoms with Crippen LogP contribution >= 0.6 is 24.6 Å². The molecule has 9 heavy (non-hydrogen) atoms. The monoisotopic (exact) mass is 215 g/mol. The van der Waals surface area contributed by atoms with Crippen molar-refractivity contribution in [3.05, 3.63) is 0 Å². The molecule has 0 radical (unpaired) electrons. The first kappa shape index (κ1) is 12.2. The Kier molecular flexibility index (Phi) is 21.4. The van der Waals surface area contributed by atoms with Gasteiger partial charge in [-0.1, -0.05) is 15.9 Å². The molecule has 0 aliphatic heterocycles. The van der Waals surface area contributed by atoms with Crippen LogP contribution in [-0.4, -0.2) is 16.8 Å². The predicted molar refractivity (Wildman–Crippen MR) is 41.9 cm³/mol. The molecule has 3 N–H and O–H groups in total. The van der Waals surface area contributed by atoms with Gasteiger partial charge in [-0.3, -0.25) is 0 Å². The van der Waals surface area contributed by atoms with E-state index >= 15 is 0 Å². The van der Waals surface area contributed by atoms with Crippen LogP contribution in [0.1, 0.15) is 12.8 Å². The van der Waals surface area contributed by atoms with Gasteiger partial charge in [-0.2, -0.15) is 0 Å². The van der Waals surface area contributed by atoms with Crippen molar-refractivity contribution in [1.29, 1.82) is 0 Å². The van der Waals surface area contributed by atoms with E-state index in [1.807, 2.05) is 0 Å². The van der Waals surface area contributed by atoms with Crippen molar-refractivity contribution in [2.75, 3.05) is 11.9 Å². The molecule has 5 heteroatoms. The van der Waals surface area contributed by atoms with E-state index in [0.29, 0.717) is 0 Å². The zero-order valence-corrected chi connectivity index (χ0v) is 7.57. The molecule has 0 amide bonds. The summed E-state index contributed by atoms with van der Waals surface area (Å²) in [6, 6.07) is 0. The van der Waals surface area contributed by atoms with E-state index in [2.05, 4.69) is 15.9 Å². The van der Waals surface area contributed by atoms with Crippen molar-refractivity contribution < 1.29 is 9.46 Å². The Morgan fingerprint density at radius 1 is 1.56 bits per heavy atom. The Morgan fingerprint density at radius 3 is 2.11 bits per heavy atom. The summed E-state index contributed by atoms with van der Waals surface area (Å²) >= 11 is 3.29. The van der Waals surface area contributed by atoms with Gasteiger partial charge >= 0.3 is 8.69 Å². The lowest BCUT2D eigenvalue weighted by molar-refractivity contribution is 0.524. The number of alkyl halides is 1. The van der Waals surface area contributed by atoms with Gasteiger partial charge in [0.15, 0.2) is 0 Å². The summed E-state index contributed by atoms with van der Waals surface area (Å²) in [5.74, 6) is 0. The molecule has 0 atom stereocenters. The smallest absolute Gasteiger partial charge is 0.324 e. The molecular weight excluding hydrogens is 205 g/mol. The first-order valence-corrected chi connectivity index (χ1v) is 4.44.